The number of H-pyrrole nitrogens is 1. The van der Waals surface area contributed by atoms with Crippen LogP contribution in [0.2, 0.25) is 0 Å². The lowest BCUT2D eigenvalue weighted by molar-refractivity contribution is 0.0382. The number of nitrogens with zero attached hydrogens (tertiary/aromatic N) is 2. The van der Waals surface area contributed by atoms with Crippen LogP contribution in [0.1, 0.15) is 28.3 Å². The molecule has 138 valence electrons. The molecule has 0 bridgehead atoms. The molecule has 1 aliphatic rings. The number of aromatic amines is 1. The fraction of sp³-hybridized carbons (Fsp3) is 0.238. The molecule has 2 atom stereocenters. The predicted octanol–water partition coefficient (Wildman–Crippen LogP) is 3.21. The molecule has 0 unspecified atom stereocenters. The van der Waals surface area contributed by atoms with E-state index in [1.54, 1.807) is 35.5 Å². The van der Waals surface area contributed by atoms with Crippen molar-refractivity contribution in [1.29, 1.82) is 0 Å². The fourth-order valence-corrected chi connectivity index (χ4v) is 3.67. The average Bonchev–Trinajstić information content (AvgIpc) is 3.23. The van der Waals surface area contributed by atoms with Gasteiger partial charge in [-0.2, -0.15) is 0 Å². The minimum atomic E-state index is -0.691. The molecule has 2 N–H and O–H groups in total. The number of likely N-dealkylation sites (tertiary alicyclic amines) is 1. The number of carbonyl (C=O) groups is 1. The minimum absolute atomic E-state index is 0.102. The van der Waals surface area contributed by atoms with Crippen LogP contribution >= 0.6 is 0 Å². The van der Waals surface area contributed by atoms with Crippen molar-refractivity contribution in [2.75, 3.05) is 13.1 Å². The molecule has 1 amide bonds. The maximum absolute atomic E-state index is 13.1. The van der Waals surface area contributed by atoms with E-state index in [4.69, 9.17) is 0 Å². The Labute approximate surface area is 156 Å². The molecule has 3 aromatic rings. The largest absolute Gasteiger partial charge is 0.391 e. The van der Waals surface area contributed by atoms with Gasteiger partial charge in [-0.1, -0.05) is 30.3 Å². The van der Waals surface area contributed by atoms with Crippen molar-refractivity contribution in [1.82, 2.24) is 14.9 Å². The van der Waals surface area contributed by atoms with Crippen LogP contribution in [0.4, 0.5) is 4.39 Å². The summed E-state index contributed by atoms with van der Waals surface area (Å²) in [5.41, 5.74) is 2.19. The highest BCUT2D eigenvalue weighted by atomic mass is 19.1. The summed E-state index contributed by atoms with van der Waals surface area (Å²) in [4.78, 5) is 22.0. The number of imidazole rings is 1. The Kier molecular flexibility index (Phi) is 4.73. The molecule has 1 saturated heterocycles. The lowest BCUT2D eigenvalue weighted by Gasteiger charge is -2.36. The maximum Gasteiger partial charge on any atom is 0.254 e. The van der Waals surface area contributed by atoms with E-state index in [1.165, 1.54) is 12.1 Å². The van der Waals surface area contributed by atoms with E-state index >= 15 is 0 Å². The molecule has 0 radical (unpaired) electrons. The quantitative estimate of drug-likeness (QED) is 0.749. The van der Waals surface area contributed by atoms with E-state index in [2.05, 4.69) is 9.97 Å². The van der Waals surface area contributed by atoms with Crippen LogP contribution in [-0.2, 0) is 0 Å². The first-order chi connectivity index (χ1) is 13.1. The van der Waals surface area contributed by atoms with Crippen LogP contribution in [0.3, 0.4) is 0 Å². The molecule has 0 spiro atoms. The van der Waals surface area contributed by atoms with Gasteiger partial charge in [0.2, 0.25) is 0 Å². The van der Waals surface area contributed by atoms with Gasteiger partial charge in [-0.25, -0.2) is 9.37 Å². The Balaban J connectivity index is 1.53. The minimum Gasteiger partial charge on any atom is -0.391 e. The number of piperidine rings is 1. The topological polar surface area (TPSA) is 69.2 Å². The molecule has 4 rings (SSSR count). The van der Waals surface area contributed by atoms with Gasteiger partial charge in [-0.3, -0.25) is 4.79 Å². The van der Waals surface area contributed by atoms with Crippen LogP contribution in [-0.4, -0.2) is 45.1 Å². The summed E-state index contributed by atoms with van der Waals surface area (Å²) in [5.74, 6) is 0.115. The van der Waals surface area contributed by atoms with Gasteiger partial charge in [-0.05, 0) is 30.2 Å². The number of benzene rings is 2. The number of halogens is 1. The highest BCUT2D eigenvalue weighted by Crippen LogP contribution is 2.30. The van der Waals surface area contributed by atoms with E-state index in [0.29, 0.717) is 24.4 Å². The number of nitrogens with one attached hydrogen (secondary N) is 1. The summed E-state index contributed by atoms with van der Waals surface area (Å²) in [5, 5.41) is 10.6. The summed E-state index contributed by atoms with van der Waals surface area (Å²) in [6.45, 7) is 0.776. The first-order valence-corrected chi connectivity index (χ1v) is 8.95. The van der Waals surface area contributed by atoms with Crippen LogP contribution < -0.4 is 0 Å². The van der Waals surface area contributed by atoms with Crippen molar-refractivity contribution in [2.24, 2.45) is 0 Å². The summed E-state index contributed by atoms with van der Waals surface area (Å²) in [7, 11) is 0. The van der Waals surface area contributed by atoms with Crippen molar-refractivity contribution in [3.05, 3.63) is 77.9 Å². The number of carbonyl (C=O) groups excluding carboxylic acids is 1. The average molecular weight is 365 g/mol. The summed E-state index contributed by atoms with van der Waals surface area (Å²) in [6.07, 6.45) is 3.30. The number of aliphatic hydroxyl groups excluding tert-OH is 1. The number of rotatable bonds is 3. The molecule has 0 saturated carbocycles. The number of hydrogen-bond donors (Lipinski definition) is 2. The Bertz CT molecular complexity index is 925. The second-order valence-electron chi connectivity index (χ2n) is 6.75. The van der Waals surface area contributed by atoms with E-state index < -0.39 is 6.10 Å². The molecule has 2 heterocycles. The molecule has 0 aliphatic carbocycles. The normalized spacial score (nSPS) is 19.9. The molecule has 1 fully saturated rings. The lowest BCUT2D eigenvalue weighted by Crippen LogP contribution is -2.45. The lowest BCUT2D eigenvalue weighted by atomic mass is 9.87. The van der Waals surface area contributed by atoms with Gasteiger partial charge in [0.15, 0.2) is 0 Å². The summed E-state index contributed by atoms with van der Waals surface area (Å²) in [6, 6.07) is 13.5. The molecule has 6 heteroatoms. The SMILES string of the molecule is O=C(c1ccccc1-c1ncc[nH]1)N1CC[C@@H](c2ccc(F)cc2)[C@H](O)C1. The highest BCUT2D eigenvalue weighted by molar-refractivity contribution is 6.00. The van der Waals surface area contributed by atoms with E-state index in [0.717, 1.165) is 11.1 Å². The number of amides is 1. The predicted molar refractivity (Wildman–Crippen MR) is 99.7 cm³/mol. The Hall–Kier alpha value is -2.99. The van der Waals surface area contributed by atoms with Gasteiger partial charge in [0.05, 0.1) is 11.7 Å². The van der Waals surface area contributed by atoms with Crippen LogP contribution in [0.25, 0.3) is 11.4 Å². The van der Waals surface area contributed by atoms with Crippen LogP contribution in [0.5, 0.6) is 0 Å². The standard InChI is InChI=1S/C21H20FN3O2/c22-15-7-5-14(6-8-15)16-9-12-25(13-19(16)26)21(27)18-4-2-1-3-17(18)20-23-10-11-24-20/h1-8,10-11,16,19,26H,9,12-13H2,(H,23,24)/t16-,19+/m0/s1. The molecule has 1 aliphatic heterocycles. The van der Waals surface area contributed by atoms with Crippen molar-refractivity contribution in [3.63, 3.8) is 0 Å². The van der Waals surface area contributed by atoms with Gasteiger partial charge < -0.3 is 15.0 Å². The molecule has 5 nitrogen and oxygen atoms in total. The van der Waals surface area contributed by atoms with E-state index in [1.807, 2.05) is 18.2 Å². The highest BCUT2D eigenvalue weighted by Gasteiger charge is 2.32. The van der Waals surface area contributed by atoms with Crippen molar-refractivity contribution >= 4 is 5.91 Å². The summed E-state index contributed by atoms with van der Waals surface area (Å²) < 4.78 is 13.1. The zero-order chi connectivity index (χ0) is 18.8. The van der Waals surface area contributed by atoms with Crippen LogP contribution in [0, 0.1) is 5.82 Å². The van der Waals surface area contributed by atoms with Gasteiger partial charge in [0, 0.05) is 37.0 Å². The smallest absolute Gasteiger partial charge is 0.254 e. The molecule has 2 aromatic carbocycles. The third-order valence-corrected chi connectivity index (χ3v) is 5.08. The second kappa shape index (κ2) is 7.32. The van der Waals surface area contributed by atoms with Crippen molar-refractivity contribution < 1.29 is 14.3 Å². The number of aromatic nitrogens is 2. The third kappa shape index (κ3) is 3.48. The van der Waals surface area contributed by atoms with Crippen molar-refractivity contribution in [2.45, 2.75) is 18.4 Å². The first kappa shape index (κ1) is 17.4. The van der Waals surface area contributed by atoms with E-state index in [-0.39, 0.29) is 24.2 Å². The fourth-order valence-electron chi connectivity index (χ4n) is 3.67. The zero-order valence-electron chi connectivity index (χ0n) is 14.7. The third-order valence-electron chi connectivity index (χ3n) is 5.08. The van der Waals surface area contributed by atoms with Gasteiger partial charge in [-0.15, -0.1) is 0 Å². The zero-order valence-corrected chi connectivity index (χ0v) is 14.7. The Morgan fingerprint density at radius 3 is 2.67 bits per heavy atom. The van der Waals surface area contributed by atoms with Crippen molar-refractivity contribution in [3.8, 4) is 11.4 Å². The molecular weight excluding hydrogens is 345 g/mol. The first-order valence-electron chi connectivity index (χ1n) is 8.95. The Morgan fingerprint density at radius 1 is 1.19 bits per heavy atom. The maximum atomic E-state index is 13.1. The number of hydrogen-bond acceptors (Lipinski definition) is 3. The summed E-state index contributed by atoms with van der Waals surface area (Å²) >= 11 is 0. The Morgan fingerprint density at radius 2 is 1.96 bits per heavy atom. The number of β-amino-alcohol motifs (C(OH)–C–C–N with tert-alkyl or cyclic N) is 1. The van der Waals surface area contributed by atoms with Crippen LogP contribution in [0.15, 0.2) is 60.9 Å². The molecular formula is C21H20FN3O2. The molecule has 1 aromatic heterocycles. The monoisotopic (exact) mass is 365 g/mol. The number of aliphatic hydroxyl groups is 1. The van der Waals surface area contributed by atoms with Gasteiger partial charge in [0.1, 0.15) is 11.6 Å². The second-order valence-corrected chi connectivity index (χ2v) is 6.75. The molecule has 27 heavy (non-hydrogen) atoms. The van der Waals surface area contributed by atoms with Gasteiger partial charge in [0.25, 0.3) is 5.91 Å². The van der Waals surface area contributed by atoms with Gasteiger partial charge >= 0.3 is 0 Å². The van der Waals surface area contributed by atoms with E-state index in [9.17, 15) is 14.3 Å².